The molecule has 0 spiro atoms. The van der Waals surface area contributed by atoms with Crippen LogP contribution in [0.25, 0.3) is 11.4 Å². The van der Waals surface area contributed by atoms with Gasteiger partial charge in [0, 0.05) is 18.7 Å². The third-order valence-electron chi connectivity index (χ3n) is 4.51. The van der Waals surface area contributed by atoms with Crippen LogP contribution in [0.15, 0.2) is 29.4 Å². The zero-order chi connectivity index (χ0) is 17.6. The number of rotatable bonds is 4. The Labute approximate surface area is 152 Å². The topological polar surface area (TPSA) is 77.0 Å². The van der Waals surface area contributed by atoms with Gasteiger partial charge < -0.3 is 10.7 Å². The van der Waals surface area contributed by atoms with Crippen molar-refractivity contribution in [3.8, 4) is 11.4 Å². The maximum atomic E-state index is 12.5. The van der Waals surface area contributed by atoms with E-state index < -0.39 is 0 Å². The lowest BCUT2D eigenvalue weighted by atomic mass is 10.1. The molecular weight excluding hydrogens is 334 g/mol. The number of nitrogen functional groups attached to an aromatic ring is 1. The standard InChI is InChI=1S/C18H25N5OS/c1-14-7-9-15(10-8-14)17-20-21-18(23(17)19)25-13-16(24)22-11-5-3-2-4-6-12-22/h7-10H,2-6,11-13,19H2,1H3. The van der Waals surface area contributed by atoms with E-state index in [-0.39, 0.29) is 5.91 Å². The molecule has 134 valence electrons. The number of carbonyl (C=O) groups is 1. The second-order valence-electron chi connectivity index (χ2n) is 6.48. The molecular formula is C18H25N5OS. The van der Waals surface area contributed by atoms with Gasteiger partial charge in [0.15, 0.2) is 5.82 Å². The molecule has 2 aromatic rings. The summed E-state index contributed by atoms with van der Waals surface area (Å²) in [6.07, 6.45) is 5.92. The Morgan fingerprint density at radius 1 is 1.08 bits per heavy atom. The molecule has 1 amide bonds. The lowest BCUT2D eigenvalue weighted by Crippen LogP contribution is -2.35. The number of hydrogen-bond acceptors (Lipinski definition) is 5. The first kappa shape index (κ1) is 17.8. The smallest absolute Gasteiger partial charge is 0.233 e. The molecule has 1 aliphatic heterocycles. The van der Waals surface area contributed by atoms with Gasteiger partial charge in [0.2, 0.25) is 11.1 Å². The van der Waals surface area contributed by atoms with Gasteiger partial charge in [0.25, 0.3) is 0 Å². The summed E-state index contributed by atoms with van der Waals surface area (Å²) in [4.78, 5) is 14.4. The SMILES string of the molecule is Cc1ccc(-c2nnc(SCC(=O)N3CCCCCCC3)n2N)cc1. The van der Waals surface area contributed by atoms with E-state index in [9.17, 15) is 4.79 Å². The van der Waals surface area contributed by atoms with Gasteiger partial charge in [0.05, 0.1) is 5.75 Å². The molecule has 0 saturated carbocycles. The Morgan fingerprint density at radius 2 is 1.72 bits per heavy atom. The van der Waals surface area contributed by atoms with Crippen LogP contribution in [-0.4, -0.2) is 44.5 Å². The Kier molecular flexibility index (Phi) is 5.96. The fourth-order valence-electron chi connectivity index (χ4n) is 2.99. The van der Waals surface area contributed by atoms with Crippen LogP contribution in [0.5, 0.6) is 0 Å². The summed E-state index contributed by atoms with van der Waals surface area (Å²) in [5.41, 5.74) is 2.10. The first-order valence-corrected chi connectivity index (χ1v) is 9.82. The Morgan fingerprint density at radius 3 is 2.40 bits per heavy atom. The van der Waals surface area contributed by atoms with Crippen LogP contribution >= 0.6 is 11.8 Å². The highest BCUT2D eigenvalue weighted by atomic mass is 32.2. The van der Waals surface area contributed by atoms with Crippen molar-refractivity contribution < 1.29 is 4.79 Å². The van der Waals surface area contributed by atoms with Crippen molar-refractivity contribution in [1.29, 1.82) is 0 Å². The van der Waals surface area contributed by atoms with Crippen LogP contribution in [0.1, 0.15) is 37.7 Å². The van der Waals surface area contributed by atoms with E-state index in [0.29, 0.717) is 16.7 Å². The van der Waals surface area contributed by atoms with E-state index in [2.05, 4.69) is 10.2 Å². The molecule has 0 atom stereocenters. The number of nitrogens with two attached hydrogens (primary N) is 1. The summed E-state index contributed by atoms with van der Waals surface area (Å²) >= 11 is 1.35. The van der Waals surface area contributed by atoms with Crippen molar-refractivity contribution in [2.45, 2.75) is 44.2 Å². The molecule has 0 aliphatic carbocycles. The fraction of sp³-hybridized carbons (Fsp3) is 0.500. The lowest BCUT2D eigenvalue weighted by molar-refractivity contribution is -0.128. The number of hydrogen-bond donors (Lipinski definition) is 1. The van der Waals surface area contributed by atoms with Crippen LogP contribution in [0, 0.1) is 6.92 Å². The molecule has 0 bridgehead atoms. The number of likely N-dealkylation sites (tertiary alicyclic amines) is 1. The molecule has 2 heterocycles. The second-order valence-corrected chi connectivity index (χ2v) is 7.42. The summed E-state index contributed by atoms with van der Waals surface area (Å²) < 4.78 is 1.47. The molecule has 1 saturated heterocycles. The Balaban J connectivity index is 1.61. The van der Waals surface area contributed by atoms with Crippen molar-refractivity contribution >= 4 is 17.7 Å². The molecule has 0 radical (unpaired) electrons. The summed E-state index contributed by atoms with van der Waals surface area (Å²) in [7, 11) is 0. The molecule has 25 heavy (non-hydrogen) atoms. The van der Waals surface area contributed by atoms with Gasteiger partial charge in [-0.1, -0.05) is 60.9 Å². The normalized spacial score (nSPS) is 15.6. The van der Waals surface area contributed by atoms with Crippen molar-refractivity contribution in [2.24, 2.45) is 0 Å². The highest BCUT2D eigenvalue weighted by molar-refractivity contribution is 7.99. The zero-order valence-electron chi connectivity index (χ0n) is 14.6. The van der Waals surface area contributed by atoms with Gasteiger partial charge in [-0.3, -0.25) is 4.79 Å². The predicted octanol–water partition coefficient (Wildman–Crippen LogP) is 2.85. The average molecular weight is 359 g/mol. The van der Waals surface area contributed by atoms with Crippen LogP contribution in [0.3, 0.4) is 0 Å². The summed E-state index contributed by atoms with van der Waals surface area (Å²) in [6, 6.07) is 7.98. The van der Waals surface area contributed by atoms with Gasteiger partial charge >= 0.3 is 0 Å². The first-order valence-electron chi connectivity index (χ1n) is 8.83. The molecule has 3 rings (SSSR count). The average Bonchev–Trinajstić information content (AvgIpc) is 2.94. The Bertz CT molecular complexity index is 705. The van der Waals surface area contributed by atoms with Gasteiger partial charge in [-0.25, -0.2) is 4.68 Å². The minimum atomic E-state index is 0.159. The number of aromatic nitrogens is 3. The highest BCUT2D eigenvalue weighted by Gasteiger charge is 2.18. The summed E-state index contributed by atoms with van der Waals surface area (Å²) in [6.45, 7) is 3.77. The Hall–Kier alpha value is -2.02. The summed E-state index contributed by atoms with van der Waals surface area (Å²) in [5, 5.41) is 8.89. The van der Waals surface area contributed by atoms with Gasteiger partial charge in [0.1, 0.15) is 0 Å². The molecule has 0 unspecified atom stereocenters. The molecule has 1 aromatic heterocycles. The minimum absolute atomic E-state index is 0.159. The maximum Gasteiger partial charge on any atom is 0.233 e. The van der Waals surface area contributed by atoms with Crippen molar-refractivity contribution in [1.82, 2.24) is 19.8 Å². The van der Waals surface area contributed by atoms with Crippen LogP contribution in [0.2, 0.25) is 0 Å². The monoisotopic (exact) mass is 359 g/mol. The van der Waals surface area contributed by atoms with Crippen LogP contribution in [0.4, 0.5) is 0 Å². The quantitative estimate of drug-likeness (QED) is 0.671. The number of aryl methyl sites for hydroxylation is 1. The molecule has 2 N–H and O–H groups in total. The lowest BCUT2D eigenvalue weighted by Gasteiger charge is -2.24. The number of nitrogens with zero attached hydrogens (tertiary/aromatic N) is 4. The summed E-state index contributed by atoms with van der Waals surface area (Å²) in [5.74, 6) is 7.25. The molecule has 7 heteroatoms. The van der Waals surface area contributed by atoms with E-state index in [4.69, 9.17) is 5.84 Å². The van der Waals surface area contributed by atoms with Crippen LogP contribution < -0.4 is 5.84 Å². The molecule has 1 aliphatic rings. The van der Waals surface area contributed by atoms with Gasteiger partial charge in [-0.15, -0.1) is 10.2 Å². The number of amides is 1. The largest absolute Gasteiger partial charge is 0.342 e. The van der Waals surface area contributed by atoms with Crippen LogP contribution in [-0.2, 0) is 4.79 Å². The third kappa shape index (κ3) is 4.54. The third-order valence-corrected chi connectivity index (χ3v) is 5.44. The van der Waals surface area contributed by atoms with E-state index in [1.165, 1.54) is 41.3 Å². The number of benzene rings is 1. The zero-order valence-corrected chi connectivity index (χ0v) is 15.5. The highest BCUT2D eigenvalue weighted by Crippen LogP contribution is 2.22. The van der Waals surface area contributed by atoms with Crippen molar-refractivity contribution in [3.05, 3.63) is 29.8 Å². The molecule has 6 nitrogen and oxygen atoms in total. The molecule has 1 fully saturated rings. The fourth-order valence-corrected chi connectivity index (χ4v) is 3.75. The van der Waals surface area contributed by atoms with E-state index in [1.54, 1.807) is 0 Å². The van der Waals surface area contributed by atoms with Crippen molar-refractivity contribution in [2.75, 3.05) is 24.7 Å². The van der Waals surface area contributed by atoms with E-state index in [1.807, 2.05) is 36.1 Å². The van der Waals surface area contributed by atoms with Gasteiger partial charge in [-0.05, 0) is 19.8 Å². The van der Waals surface area contributed by atoms with E-state index in [0.717, 1.165) is 31.5 Å². The first-order chi connectivity index (χ1) is 12.1. The minimum Gasteiger partial charge on any atom is -0.342 e. The van der Waals surface area contributed by atoms with E-state index >= 15 is 0 Å². The van der Waals surface area contributed by atoms with Gasteiger partial charge in [-0.2, -0.15) is 0 Å². The molecule has 1 aromatic carbocycles. The predicted molar refractivity (Wildman–Crippen MR) is 101 cm³/mol. The maximum absolute atomic E-state index is 12.5. The number of thioether (sulfide) groups is 1. The van der Waals surface area contributed by atoms with Crippen molar-refractivity contribution in [3.63, 3.8) is 0 Å². The number of carbonyl (C=O) groups excluding carboxylic acids is 1. The second kappa shape index (κ2) is 8.38.